The van der Waals surface area contributed by atoms with Gasteiger partial charge in [0.2, 0.25) is 5.91 Å². The molecule has 0 aliphatic carbocycles. The number of hydrogen-bond donors (Lipinski definition) is 2. The topological polar surface area (TPSA) is 88.6 Å². The second-order valence-electron chi connectivity index (χ2n) is 4.73. The van der Waals surface area contributed by atoms with Gasteiger partial charge < -0.3 is 20.4 Å². The number of halogens is 1. The number of amides is 2. The molecular weight excluding hydrogens is 282 g/mol. The van der Waals surface area contributed by atoms with Crippen molar-refractivity contribution < 1.29 is 14.0 Å². The second kappa shape index (κ2) is 7.91. The lowest BCUT2D eigenvalue weighted by Gasteiger charge is -2.30. The predicted octanol–water partition coefficient (Wildman–Crippen LogP) is 0.771. The Kier molecular flexibility index (Phi) is 6.54. The van der Waals surface area contributed by atoms with Crippen molar-refractivity contribution in [3.05, 3.63) is 24.2 Å². The van der Waals surface area contributed by atoms with E-state index in [0.29, 0.717) is 19.5 Å². The van der Waals surface area contributed by atoms with Crippen molar-refractivity contribution in [1.29, 1.82) is 0 Å². The van der Waals surface area contributed by atoms with Crippen molar-refractivity contribution in [2.45, 2.75) is 25.3 Å². The number of piperidine rings is 1. The van der Waals surface area contributed by atoms with Crippen LogP contribution in [0.25, 0.3) is 0 Å². The summed E-state index contributed by atoms with van der Waals surface area (Å²) in [6.07, 6.45) is 3.65. The van der Waals surface area contributed by atoms with Crippen LogP contribution < -0.4 is 11.1 Å². The van der Waals surface area contributed by atoms with Crippen molar-refractivity contribution >= 4 is 24.2 Å². The Labute approximate surface area is 124 Å². The monoisotopic (exact) mass is 301 g/mol. The zero-order valence-electron chi connectivity index (χ0n) is 11.2. The van der Waals surface area contributed by atoms with Crippen LogP contribution >= 0.6 is 12.4 Å². The Morgan fingerprint density at radius 3 is 2.95 bits per heavy atom. The Bertz CT molecular complexity index is 436. The second-order valence-corrected chi connectivity index (χ2v) is 4.73. The zero-order chi connectivity index (χ0) is 13.7. The first-order chi connectivity index (χ1) is 9.16. The Morgan fingerprint density at radius 2 is 2.30 bits per heavy atom. The Balaban J connectivity index is 0.00000200. The number of likely N-dealkylation sites (tertiary alicyclic amines) is 1. The van der Waals surface area contributed by atoms with Gasteiger partial charge in [0, 0.05) is 32.1 Å². The lowest BCUT2D eigenvalue weighted by Crippen LogP contribution is -2.46. The molecular formula is C13H20ClN3O3. The summed E-state index contributed by atoms with van der Waals surface area (Å²) in [6, 6.07) is 3.31. The van der Waals surface area contributed by atoms with E-state index in [4.69, 9.17) is 10.2 Å². The first kappa shape index (κ1) is 16.5. The number of nitrogens with one attached hydrogen (secondary N) is 1. The third-order valence-corrected chi connectivity index (χ3v) is 3.18. The summed E-state index contributed by atoms with van der Waals surface area (Å²) in [7, 11) is 0. The highest BCUT2D eigenvalue weighted by molar-refractivity contribution is 5.91. The standard InChI is InChI=1S/C13H19N3O3.ClH/c14-10-3-1-7-16(9-10)12(17)5-6-15-13(18)11-4-2-8-19-11;/h2,4,8,10H,1,3,5-7,9,14H2,(H,15,18);1H. The van der Waals surface area contributed by atoms with Gasteiger partial charge in [-0.05, 0) is 25.0 Å². The molecule has 0 bridgehead atoms. The van der Waals surface area contributed by atoms with Gasteiger partial charge >= 0.3 is 0 Å². The van der Waals surface area contributed by atoms with E-state index in [0.717, 1.165) is 19.4 Å². The van der Waals surface area contributed by atoms with Gasteiger partial charge in [-0.2, -0.15) is 0 Å². The molecule has 7 heteroatoms. The maximum atomic E-state index is 11.9. The minimum atomic E-state index is -0.298. The Morgan fingerprint density at radius 1 is 1.50 bits per heavy atom. The summed E-state index contributed by atoms with van der Waals surface area (Å²) in [6.45, 7) is 1.69. The smallest absolute Gasteiger partial charge is 0.286 e. The van der Waals surface area contributed by atoms with Gasteiger partial charge in [0.15, 0.2) is 5.76 Å². The zero-order valence-corrected chi connectivity index (χ0v) is 12.0. The third-order valence-electron chi connectivity index (χ3n) is 3.18. The molecule has 2 rings (SSSR count). The molecule has 3 N–H and O–H groups in total. The third kappa shape index (κ3) is 4.54. The quantitative estimate of drug-likeness (QED) is 0.860. The van der Waals surface area contributed by atoms with Crippen LogP contribution in [0.4, 0.5) is 0 Å². The van der Waals surface area contributed by atoms with E-state index < -0.39 is 0 Å². The maximum Gasteiger partial charge on any atom is 0.286 e. The molecule has 1 aromatic rings. The number of furan rings is 1. The van der Waals surface area contributed by atoms with Crippen molar-refractivity contribution in [2.24, 2.45) is 5.73 Å². The molecule has 2 heterocycles. The summed E-state index contributed by atoms with van der Waals surface area (Å²) in [5.41, 5.74) is 5.83. The molecule has 112 valence electrons. The van der Waals surface area contributed by atoms with Crippen LogP contribution in [-0.4, -0.2) is 42.4 Å². The summed E-state index contributed by atoms with van der Waals surface area (Å²) < 4.78 is 4.96. The molecule has 1 aliphatic rings. The number of nitrogens with two attached hydrogens (primary N) is 1. The van der Waals surface area contributed by atoms with E-state index in [-0.39, 0.29) is 36.0 Å². The molecule has 0 aromatic carbocycles. The molecule has 1 aliphatic heterocycles. The molecule has 0 spiro atoms. The number of carbonyl (C=O) groups is 2. The number of nitrogens with zero attached hydrogens (tertiary/aromatic N) is 1. The fourth-order valence-corrected chi connectivity index (χ4v) is 2.17. The fraction of sp³-hybridized carbons (Fsp3) is 0.538. The summed E-state index contributed by atoms with van der Waals surface area (Å²) in [5.74, 6) is -0.00418. The average molecular weight is 302 g/mol. The normalized spacial score (nSPS) is 18.2. The maximum absolute atomic E-state index is 11.9. The minimum absolute atomic E-state index is 0. The molecule has 2 amide bonds. The first-order valence-electron chi connectivity index (χ1n) is 6.52. The van der Waals surface area contributed by atoms with Crippen molar-refractivity contribution in [3.63, 3.8) is 0 Å². The molecule has 1 fully saturated rings. The van der Waals surface area contributed by atoms with E-state index >= 15 is 0 Å². The molecule has 1 aromatic heterocycles. The van der Waals surface area contributed by atoms with Crippen molar-refractivity contribution in [3.8, 4) is 0 Å². The molecule has 1 saturated heterocycles. The Hall–Kier alpha value is -1.53. The summed E-state index contributed by atoms with van der Waals surface area (Å²) in [4.78, 5) is 25.2. The van der Waals surface area contributed by atoms with Gasteiger partial charge in [0.1, 0.15) is 0 Å². The van der Waals surface area contributed by atoms with Crippen LogP contribution in [0.5, 0.6) is 0 Å². The SMILES string of the molecule is Cl.NC1CCCN(C(=O)CCNC(=O)c2ccco2)C1. The van der Waals surface area contributed by atoms with Crippen LogP contribution in [0.15, 0.2) is 22.8 Å². The van der Waals surface area contributed by atoms with Crippen molar-refractivity contribution in [2.75, 3.05) is 19.6 Å². The van der Waals surface area contributed by atoms with Gasteiger partial charge in [-0.3, -0.25) is 9.59 Å². The van der Waals surface area contributed by atoms with Crippen LogP contribution in [0.3, 0.4) is 0 Å². The predicted molar refractivity (Wildman–Crippen MR) is 76.7 cm³/mol. The van der Waals surface area contributed by atoms with Crippen molar-refractivity contribution in [1.82, 2.24) is 10.2 Å². The first-order valence-corrected chi connectivity index (χ1v) is 6.52. The van der Waals surface area contributed by atoms with Gasteiger partial charge in [-0.1, -0.05) is 0 Å². The van der Waals surface area contributed by atoms with Gasteiger partial charge in [-0.15, -0.1) is 12.4 Å². The van der Waals surface area contributed by atoms with Gasteiger partial charge in [0.05, 0.1) is 6.26 Å². The van der Waals surface area contributed by atoms with Crippen LogP contribution in [0.2, 0.25) is 0 Å². The number of carbonyl (C=O) groups excluding carboxylic acids is 2. The lowest BCUT2D eigenvalue weighted by atomic mass is 10.1. The average Bonchev–Trinajstić information content (AvgIpc) is 2.92. The highest BCUT2D eigenvalue weighted by Gasteiger charge is 2.20. The minimum Gasteiger partial charge on any atom is -0.459 e. The van der Waals surface area contributed by atoms with Gasteiger partial charge in [-0.25, -0.2) is 0 Å². The molecule has 1 atom stereocenters. The summed E-state index contributed by atoms with van der Waals surface area (Å²) in [5, 5.41) is 2.65. The molecule has 20 heavy (non-hydrogen) atoms. The highest BCUT2D eigenvalue weighted by atomic mass is 35.5. The number of hydrogen-bond acceptors (Lipinski definition) is 4. The van der Waals surface area contributed by atoms with Crippen LogP contribution in [-0.2, 0) is 4.79 Å². The largest absolute Gasteiger partial charge is 0.459 e. The van der Waals surface area contributed by atoms with E-state index in [1.807, 2.05) is 0 Å². The van der Waals surface area contributed by atoms with Crippen LogP contribution in [0.1, 0.15) is 29.8 Å². The molecule has 0 radical (unpaired) electrons. The van der Waals surface area contributed by atoms with E-state index in [9.17, 15) is 9.59 Å². The van der Waals surface area contributed by atoms with Crippen LogP contribution in [0, 0.1) is 0 Å². The summed E-state index contributed by atoms with van der Waals surface area (Å²) >= 11 is 0. The number of rotatable bonds is 4. The van der Waals surface area contributed by atoms with E-state index in [1.54, 1.807) is 17.0 Å². The lowest BCUT2D eigenvalue weighted by molar-refractivity contribution is -0.132. The fourth-order valence-electron chi connectivity index (χ4n) is 2.17. The van der Waals surface area contributed by atoms with E-state index in [2.05, 4.69) is 5.32 Å². The van der Waals surface area contributed by atoms with Gasteiger partial charge in [0.25, 0.3) is 5.91 Å². The highest BCUT2D eigenvalue weighted by Crippen LogP contribution is 2.09. The molecule has 1 unspecified atom stereocenters. The van der Waals surface area contributed by atoms with E-state index in [1.165, 1.54) is 6.26 Å². The molecule has 0 saturated carbocycles. The molecule has 6 nitrogen and oxygen atoms in total.